The number of rotatable bonds is 1. The zero-order valence-corrected chi connectivity index (χ0v) is 9.95. The first kappa shape index (κ1) is 12.7. The Morgan fingerprint density at radius 3 is 2.78 bits per heavy atom. The number of halogens is 2. The van der Waals surface area contributed by atoms with E-state index in [4.69, 9.17) is 0 Å². The minimum Gasteiger partial charge on any atom is -0.337 e. The fourth-order valence-corrected chi connectivity index (χ4v) is 2.04. The third-order valence-corrected chi connectivity index (χ3v) is 3.14. The van der Waals surface area contributed by atoms with Gasteiger partial charge in [-0.1, -0.05) is 13.0 Å². The molecule has 2 rings (SSSR count). The van der Waals surface area contributed by atoms with E-state index in [2.05, 4.69) is 0 Å². The molecule has 0 saturated carbocycles. The molecule has 1 amide bonds. The third-order valence-electron chi connectivity index (χ3n) is 3.14. The molecule has 1 unspecified atom stereocenters. The Hall–Kier alpha value is -1.78. The van der Waals surface area contributed by atoms with Crippen molar-refractivity contribution in [2.24, 2.45) is 5.92 Å². The summed E-state index contributed by atoms with van der Waals surface area (Å²) in [5.41, 5.74) is -0.281. The van der Waals surface area contributed by atoms with E-state index in [0.29, 0.717) is 0 Å². The minimum atomic E-state index is -1.13. The van der Waals surface area contributed by atoms with Gasteiger partial charge in [0.15, 0.2) is 11.6 Å². The monoisotopic (exact) mass is 253 g/mol. The lowest BCUT2D eigenvalue weighted by atomic mass is 9.98. The molecule has 1 aromatic carbocycles. The Kier molecular flexibility index (Phi) is 3.41. The minimum absolute atomic E-state index is 0.0961. The van der Waals surface area contributed by atoms with Crippen molar-refractivity contribution in [3.63, 3.8) is 0 Å². The predicted molar refractivity (Wildman–Crippen MR) is 61.0 cm³/mol. The molecular weight excluding hydrogens is 240 g/mol. The van der Waals surface area contributed by atoms with E-state index in [0.717, 1.165) is 6.07 Å². The number of hydrogen-bond donors (Lipinski definition) is 0. The number of likely N-dealkylation sites (tertiary alicyclic amines) is 1. The maximum atomic E-state index is 13.5. The number of benzene rings is 1. The number of Topliss-reactive ketones (excluding diaryl/α,β-unsaturated/α-hetero) is 1. The van der Waals surface area contributed by atoms with Gasteiger partial charge in [-0.25, -0.2) is 8.78 Å². The molecular formula is C13H13F2NO2. The molecule has 1 atom stereocenters. The highest BCUT2D eigenvalue weighted by molar-refractivity contribution is 5.96. The lowest BCUT2D eigenvalue weighted by Gasteiger charge is -2.30. The van der Waals surface area contributed by atoms with Gasteiger partial charge in [0.25, 0.3) is 5.91 Å². The van der Waals surface area contributed by atoms with Gasteiger partial charge in [0.1, 0.15) is 5.78 Å². The van der Waals surface area contributed by atoms with Gasteiger partial charge < -0.3 is 4.90 Å². The summed E-state index contributed by atoms with van der Waals surface area (Å²) in [6, 6.07) is 3.51. The molecule has 1 aliphatic rings. The Morgan fingerprint density at radius 2 is 2.11 bits per heavy atom. The molecule has 0 aliphatic carbocycles. The van der Waals surface area contributed by atoms with Crippen LogP contribution in [0.15, 0.2) is 18.2 Å². The summed E-state index contributed by atoms with van der Waals surface area (Å²) in [6.07, 6.45) is 0.268. The smallest absolute Gasteiger partial charge is 0.256 e. The van der Waals surface area contributed by atoms with Crippen LogP contribution in [0.3, 0.4) is 0 Å². The highest BCUT2D eigenvalue weighted by atomic mass is 19.2. The Bertz CT molecular complexity index is 502. The van der Waals surface area contributed by atoms with Crippen molar-refractivity contribution in [2.45, 2.75) is 13.3 Å². The standard InChI is InChI=1S/C13H13F2NO2/c1-8-7-16(6-5-11(8)17)13(18)9-3-2-4-10(14)12(9)15/h2-4,8H,5-7H2,1H3. The van der Waals surface area contributed by atoms with Crippen molar-refractivity contribution >= 4 is 11.7 Å². The summed E-state index contributed by atoms with van der Waals surface area (Å²) >= 11 is 0. The van der Waals surface area contributed by atoms with Crippen molar-refractivity contribution < 1.29 is 18.4 Å². The van der Waals surface area contributed by atoms with Crippen LogP contribution < -0.4 is 0 Å². The van der Waals surface area contributed by atoms with Crippen LogP contribution in [-0.2, 0) is 4.79 Å². The van der Waals surface area contributed by atoms with Gasteiger partial charge >= 0.3 is 0 Å². The van der Waals surface area contributed by atoms with E-state index in [1.165, 1.54) is 17.0 Å². The quantitative estimate of drug-likeness (QED) is 0.767. The molecule has 0 N–H and O–H groups in total. The fourth-order valence-electron chi connectivity index (χ4n) is 2.04. The highest BCUT2D eigenvalue weighted by Crippen LogP contribution is 2.18. The molecule has 96 valence electrons. The topological polar surface area (TPSA) is 37.4 Å². The zero-order chi connectivity index (χ0) is 13.3. The molecule has 0 spiro atoms. The van der Waals surface area contributed by atoms with Crippen molar-refractivity contribution in [2.75, 3.05) is 13.1 Å². The van der Waals surface area contributed by atoms with Crippen LogP contribution in [0.5, 0.6) is 0 Å². The number of carbonyl (C=O) groups is 2. The summed E-state index contributed by atoms with van der Waals surface area (Å²) in [6.45, 7) is 2.25. The average Bonchev–Trinajstić information content (AvgIpc) is 2.35. The molecule has 18 heavy (non-hydrogen) atoms. The largest absolute Gasteiger partial charge is 0.337 e. The summed E-state index contributed by atoms with van der Waals surface area (Å²) in [5.74, 6) is -2.89. The molecule has 1 fully saturated rings. The van der Waals surface area contributed by atoms with E-state index in [9.17, 15) is 18.4 Å². The number of hydrogen-bond acceptors (Lipinski definition) is 2. The van der Waals surface area contributed by atoms with Crippen LogP contribution in [0.2, 0.25) is 0 Å². The van der Waals surface area contributed by atoms with E-state index < -0.39 is 17.5 Å². The normalized spacial score (nSPS) is 20.1. The van der Waals surface area contributed by atoms with Crippen LogP contribution in [0, 0.1) is 17.6 Å². The predicted octanol–water partition coefficient (Wildman–Crippen LogP) is 2.02. The first-order valence-corrected chi connectivity index (χ1v) is 5.76. The molecule has 1 aliphatic heterocycles. The summed E-state index contributed by atoms with van der Waals surface area (Å²) < 4.78 is 26.5. The highest BCUT2D eigenvalue weighted by Gasteiger charge is 2.28. The van der Waals surface area contributed by atoms with Gasteiger partial charge in [-0.3, -0.25) is 9.59 Å². The van der Waals surface area contributed by atoms with E-state index in [1.807, 2.05) is 0 Å². The summed E-state index contributed by atoms with van der Waals surface area (Å²) in [5, 5.41) is 0. The maximum absolute atomic E-state index is 13.5. The molecule has 0 aromatic heterocycles. The second kappa shape index (κ2) is 4.84. The fraction of sp³-hybridized carbons (Fsp3) is 0.385. The lowest BCUT2D eigenvalue weighted by Crippen LogP contribution is -2.43. The summed E-state index contributed by atoms with van der Waals surface area (Å²) in [4.78, 5) is 24.8. The average molecular weight is 253 g/mol. The number of piperidine rings is 1. The van der Waals surface area contributed by atoms with Crippen molar-refractivity contribution in [1.82, 2.24) is 4.90 Å². The van der Waals surface area contributed by atoms with Crippen LogP contribution in [0.25, 0.3) is 0 Å². The lowest BCUT2D eigenvalue weighted by molar-refractivity contribution is -0.124. The van der Waals surface area contributed by atoms with Gasteiger partial charge in [-0.05, 0) is 12.1 Å². The Balaban J connectivity index is 2.22. The maximum Gasteiger partial charge on any atom is 0.256 e. The second-order valence-corrected chi connectivity index (χ2v) is 4.47. The van der Waals surface area contributed by atoms with Crippen molar-refractivity contribution in [3.8, 4) is 0 Å². The van der Waals surface area contributed by atoms with E-state index >= 15 is 0 Å². The van der Waals surface area contributed by atoms with Gasteiger partial charge in [0, 0.05) is 25.4 Å². The van der Waals surface area contributed by atoms with Crippen molar-refractivity contribution in [3.05, 3.63) is 35.4 Å². The third kappa shape index (κ3) is 2.25. The van der Waals surface area contributed by atoms with Crippen LogP contribution >= 0.6 is 0 Å². The molecule has 0 radical (unpaired) electrons. The Labute approximate surface area is 103 Å². The van der Waals surface area contributed by atoms with E-state index in [-0.39, 0.29) is 36.8 Å². The molecule has 0 bridgehead atoms. The van der Waals surface area contributed by atoms with Gasteiger partial charge in [0.2, 0.25) is 0 Å². The van der Waals surface area contributed by atoms with Gasteiger partial charge in [-0.2, -0.15) is 0 Å². The molecule has 1 saturated heterocycles. The SMILES string of the molecule is CC1CN(C(=O)c2cccc(F)c2F)CCC1=O. The number of nitrogens with zero attached hydrogens (tertiary/aromatic N) is 1. The van der Waals surface area contributed by atoms with Gasteiger partial charge in [-0.15, -0.1) is 0 Å². The van der Waals surface area contributed by atoms with Gasteiger partial charge in [0.05, 0.1) is 5.56 Å². The second-order valence-electron chi connectivity index (χ2n) is 4.47. The van der Waals surface area contributed by atoms with Crippen LogP contribution in [0.4, 0.5) is 8.78 Å². The number of amides is 1. The molecule has 5 heteroatoms. The Morgan fingerprint density at radius 1 is 1.39 bits per heavy atom. The molecule has 1 aromatic rings. The number of ketones is 1. The molecule has 1 heterocycles. The van der Waals surface area contributed by atoms with Crippen molar-refractivity contribution in [1.29, 1.82) is 0 Å². The van der Waals surface area contributed by atoms with Crippen LogP contribution in [-0.4, -0.2) is 29.7 Å². The van der Waals surface area contributed by atoms with Crippen LogP contribution in [0.1, 0.15) is 23.7 Å². The summed E-state index contributed by atoms with van der Waals surface area (Å²) in [7, 11) is 0. The van der Waals surface area contributed by atoms with E-state index in [1.54, 1.807) is 6.92 Å². The first-order valence-electron chi connectivity index (χ1n) is 5.76. The molecule has 3 nitrogen and oxygen atoms in total. The zero-order valence-electron chi connectivity index (χ0n) is 9.95. The first-order chi connectivity index (χ1) is 8.50. The number of carbonyl (C=O) groups excluding carboxylic acids is 2.